The number of hydrogen-bond donors (Lipinski definition) is 2. The molecule has 23 heavy (non-hydrogen) atoms. The van der Waals surface area contributed by atoms with Gasteiger partial charge in [-0.05, 0) is 25.0 Å². The number of hydrogen-bond acceptors (Lipinski definition) is 3. The van der Waals surface area contributed by atoms with Crippen LogP contribution in [0.1, 0.15) is 36.3 Å². The molecule has 2 atom stereocenters. The van der Waals surface area contributed by atoms with Crippen molar-refractivity contribution in [1.29, 1.82) is 0 Å². The molecule has 0 saturated heterocycles. The van der Waals surface area contributed by atoms with Crippen molar-refractivity contribution in [3.63, 3.8) is 0 Å². The first kappa shape index (κ1) is 16.7. The molecule has 6 heteroatoms. The van der Waals surface area contributed by atoms with Gasteiger partial charge in [-0.1, -0.05) is 38.5 Å². The van der Waals surface area contributed by atoms with Crippen LogP contribution in [0.2, 0.25) is 0 Å². The van der Waals surface area contributed by atoms with Crippen LogP contribution >= 0.6 is 0 Å². The highest BCUT2D eigenvalue weighted by Gasteiger charge is 2.27. The van der Waals surface area contributed by atoms with Crippen LogP contribution in [0.5, 0.6) is 0 Å². The van der Waals surface area contributed by atoms with E-state index in [0.717, 1.165) is 5.69 Å². The number of carboxylic acid groups (broad SMARTS) is 1. The van der Waals surface area contributed by atoms with Gasteiger partial charge in [-0.15, -0.1) is 0 Å². The molecule has 1 aromatic carbocycles. The smallest absolute Gasteiger partial charge is 0.326 e. The van der Waals surface area contributed by atoms with Crippen molar-refractivity contribution in [3.05, 3.63) is 47.8 Å². The third kappa shape index (κ3) is 3.77. The molecule has 1 aromatic heterocycles. The van der Waals surface area contributed by atoms with Crippen LogP contribution in [0.4, 0.5) is 0 Å². The summed E-state index contributed by atoms with van der Waals surface area (Å²) < 4.78 is 1.61. The quantitative estimate of drug-likeness (QED) is 0.857. The van der Waals surface area contributed by atoms with E-state index in [-0.39, 0.29) is 5.92 Å². The molecule has 2 unspecified atom stereocenters. The Bertz CT molecular complexity index is 694. The van der Waals surface area contributed by atoms with E-state index in [1.165, 1.54) is 0 Å². The number of rotatable bonds is 6. The first-order valence-electron chi connectivity index (χ1n) is 7.59. The molecule has 0 aliphatic carbocycles. The van der Waals surface area contributed by atoms with Crippen LogP contribution < -0.4 is 5.32 Å². The Labute approximate surface area is 135 Å². The average Bonchev–Trinajstić information content (AvgIpc) is 2.94. The number of amides is 1. The van der Waals surface area contributed by atoms with Crippen LogP contribution in [0, 0.1) is 12.8 Å². The maximum Gasteiger partial charge on any atom is 0.326 e. The van der Waals surface area contributed by atoms with Gasteiger partial charge < -0.3 is 10.4 Å². The number of para-hydroxylation sites is 1. The molecule has 122 valence electrons. The second kappa shape index (κ2) is 7.09. The zero-order chi connectivity index (χ0) is 17.0. The van der Waals surface area contributed by atoms with Gasteiger partial charge in [-0.25, -0.2) is 9.48 Å². The summed E-state index contributed by atoms with van der Waals surface area (Å²) in [6.45, 7) is 5.43. The number of benzene rings is 1. The molecule has 0 fully saturated rings. The first-order chi connectivity index (χ1) is 10.9. The van der Waals surface area contributed by atoms with E-state index in [2.05, 4.69) is 10.4 Å². The summed E-state index contributed by atoms with van der Waals surface area (Å²) in [6, 6.07) is 8.52. The number of aryl methyl sites for hydroxylation is 1. The van der Waals surface area contributed by atoms with Crippen LogP contribution in [0.3, 0.4) is 0 Å². The first-order valence-corrected chi connectivity index (χ1v) is 7.59. The molecular formula is C17H21N3O3. The molecular weight excluding hydrogens is 294 g/mol. The summed E-state index contributed by atoms with van der Waals surface area (Å²) in [6.07, 6.45) is 2.29. The average molecular weight is 315 g/mol. The number of carboxylic acids is 1. The van der Waals surface area contributed by atoms with Crippen molar-refractivity contribution >= 4 is 11.9 Å². The standard InChI is InChI=1S/C17H21N3O3/c1-4-11(2)15(17(22)23)18-16(21)14-10-20(19-12(14)3)13-8-6-5-7-9-13/h5-11,15H,4H2,1-3H3,(H,18,21)(H,22,23). The molecule has 0 aliphatic rings. The third-order valence-corrected chi connectivity index (χ3v) is 3.93. The Balaban J connectivity index is 2.23. The highest BCUT2D eigenvalue weighted by atomic mass is 16.4. The SMILES string of the molecule is CCC(C)C(NC(=O)c1cn(-c2ccccc2)nc1C)C(=O)O. The second-order valence-electron chi connectivity index (χ2n) is 5.58. The number of aromatic nitrogens is 2. The van der Waals surface area contributed by atoms with E-state index in [1.54, 1.807) is 24.7 Å². The summed E-state index contributed by atoms with van der Waals surface area (Å²) in [4.78, 5) is 23.8. The fourth-order valence-electron chi connectivity index (χ4n) is 2.30. The summed E-state index contributed by atoms with van der Waals surface area (Å²) in [5.74, 6) is -1.60. The van der Waals surface area contributed by atoms with Crippen molar-refractivity contribution in [2.75, 3.05) is 0 Å². The lowest BCUT2D eigenvalue weighted by molar-refractivity contribution is -0.140. The molecule has 0 aliphatic heterocycles. The monoisotopic (exact) mass is 315 g/mol. The van der Waals surface area contributed by atoms with Gasteiger partial charge in [0, 0.05) is 6.20 Å². The molecule has 2 rings (SSSR count). The van der Waals surface area contributed by atoms with Gasteiger partial charge in [-0.3, -0.25) is 4.79 Å². The van der Waals surface area contributed by atoms with Crippen molar-refractivity contribution < 1.29 is 14.7 Å². The van der Waals surface area contributed by atoms with Crippen LogP contribution in [0.15, 0.2) is 36.5 Å². The Morgan fingerprint density at radius 3 is 2.52 bits per heavy atom. The fraction of sp³-hybridized carbons (Fsp3) is 0.353. The summed E-state index contributed by atoms with van der Waals surface area (Å²) in [7, 11) is 0. The maximum atomic E-state index is 12.4. The van der Waals surface area contributed by atoms with Gasteiger partial charge >= 0.3 is 5.97 Å². The largest absolute Gasteiger partial charge is 0.480 e. The Hall–Kier alpha value is -2.63. The Morgan fingerprint density at radius 2 is 1.96 bits per heavy atom. The number of carbonyl (C=O) groups excluding carboxylic acids is 1. The normalized spacial score (nSPS) is 13.3. The van der Waals surface area contributed by atoms with E-state index < -0.39 is 17.9 Å². The summed E-state index contributed by atoms with van der Waals surface area (Å²) in [5, 5.41) is 16.2. The van der Waals surface area contributed by atoms with Crippen molar-refractivity contribution in [1.82, 2.24) is 15.1 Å². The van der Waals surface area contributed by atoms with Crippen molar-refractivity contribution in [3.8, 4) is 5.69 Å². The minimum atomic E-state index is -1.03. The summed E-state index contributed by atoms with van der Waals surface area (Å²) >= 11 is 0. The van der Waals surface area contributed by atoms with Crippen molar-refractivity contribution in [2.45, 2.75) is 33.2 Å². The minimum Gasteiger partial charge on any atom is -0.480 e. The van der Waals surface area contributed by atoms with Gasteiger partial charge in [0.25, 0.3) is 5.91 Å². The highest BCUT2D eigenvalue weighted by molar-refractivity contribution is 5.97. The molecule has 0 bridgehead atoms. The number of aliphatic carboxylic acids is 1. The van der Waals surface area contributed by atoms with E-state index in [4.69, 9.17) is 0 Å². The third-order valence-electron chi connectivity index (χ3n) is 3.93. The topological polar surface area (TPSA) is 84.2 Å². The van der Waals surface area contributed by atoms with Gasteiger partial charge in [0.05, 0.1) is 16.9 Å². The second-order valence-corrected chi connectivity index (χ2v) is 5.58. The molecule has 1 amide bonds. The number of nitrogens with one attached hydrogen (secondary N) is 1. The lowest BCUT2D eigenvalue weighted by atomic mass is 9.99. The lowest BCUT2D eigenvalue weighted by Gasteiger charge is -2.19. The van der Waals surface area contributed by atoms with Crippen LogP contribution in [-0.2, 0) is 4.79 Å². The van der Waals surface area contributed by atoms with Crippen LogP contribution in [0.25, 0.3) is 5.69 Å². The molecule has 1 heterocycles. The van der Waals surface area contributed by atoms with Gasteiger partial charge in [0.15, 0.2) is 0 Å². The molecule has 0 radical (unpaired) electrons. The minimum absolute atomic E-state index is 0.152. The van der Waals surface area contributed by atoms with Gasteiger partial charge in [0.2, 0.25) is 0 Å². The maximum absolute atomic E-state index is 12.4. The molecule has 2 aromatic rings. The Kier molecular flexibility index (Phi) is 5.16. The Morgan fingerprint density at radius 1 is 1.30 bits per heavy atom. The summed E-state index contributed by atoms with van der Waals surface area (Å²) in [5.41, 5.74) is 1.77. The van der Waals surface area contributed by atoms with E-state index in [9.17, 15) is 14.7 Å². The number of carbonyl (C=O) groups is 2. The van der Waals surface area contributed by atoms with Crippen LogP contribution in [-0.4, -0.2) is 32.8 Å². The molecule has 2 N–H and O–H groups in total. The van der Waals surface area contributed by atoms with Gasteiger partial charge in [-0.2, -0.15) is 5.10 Å². The molecule has 0 spiro atoms. The molecule has 6 nitrogen and oxygen atoms in total. The van der Waals surface area contributed by atoms with Crippen molar-refractivity contribution in [2.24, 2.45) is 5.92 Å². The fourth-order valence-corrected chi connectivity index (χ4v) is 2.30. The lowest BCUT2D eigenvalue weighted by Crippen LogP contribution is -2.45. The predicted molar refractivity (Wildman–Crippen MR) is 86.6 cm³/mol. The zero-order valence-electron chi connectivity index (χ0n) is 13.5. The van der Waals surface area contributed by atoms with Gasteiger partial charge in [0.1, 0.15) is 6.04 Å². The predicted octanol–water partition coefficient (Wildman–Crippen LogP) is 2.41. The molecule has 0 saturated carbocycles. The highest BCUT2D eigenvalue weighted by Crippen LogP contribution is 2.14. The van der Waals surface area contributed by atoms with E-state index in [0.29, 0.717) is 17.7 Å². The number of nitrogens with zero attached hydrogens (tertiary/aromatic N) is 2. The van der Waals surface area contributed by atoms with E-state index in [1.807, 2.05) is 37.3 Å². The zero-order valence-corrected chi connectivity index (χ0v) is 13.5. The van der Waals surface area contributed by atoms with E-state index >= 15 is 0 Å².